The average molecular weight is 436 g/mol. The minimum Gasteiger partial charge on any atom is -0.494 e. The van der Waals surface area contributed by atoms with E-state index in [9.17, 15) is 4.79 Å². The van der Waals surface area contributed by atoms with Gasteiger partial charge in [0.2, 0.25) is 0 Å². The molecule has 3 aromatic rings. The first-order valence-electron chi connectivity index (χ1n) is 11.0. The van der Waals surface area contributed by atoms with Gasteiger partial charge in [0.1, 0.15) is 5.75 Å². The molecule has 0 spiro atoms. The number of nitrogens with one attached hydrogen (secondary N) is 1. The largest absolute Gasteiger partial charge is 0.494 e. The van der Waals surface area contributed by atoms with E-state index >= 15 is 0 Å². The Bertz CT molecular complexity index is 986. The molecule has 5 nitrogen and oxygen atoms in total. The molecule has 0 bridgehead atoms. The van der Waals surface area contributed by atoms with Crippen molar-refractivity contribution in [2.75, 3.05) is 18.5 Å². The van der Waals surface area contributed by atoms with Crippen LogP contribution in [0.5, 0.6) is 5.75 Å². The summed E-state index contributed by atoms with van der Waals surface area (Å²) in [7, 11) is 0. The fourth-order valence-corrected chi connectivity index (χ4v) is 4.74. The van der Waals surface area contributed by atoms with Crippen LogP contribution in [-0.2, 0) is 19.5 Å². The van der Waals surface area contributed by atoms with Gasteiger partial charge in [-0.2, -0.15) is 0 Å². The summed E-state index contributed by atoms with van der Waals surface area (Å²) < 4.78 is 5.72. The second-order valence-corrected chi connectivity index (χ2v) is 8.95. The lowest BCUT2D eigenvalue weighted by Gasteiger charge is -2.25. The van der Waals surface area contributed by atoms with E-state index in [1.54, 1.807) is 23.5 Å². The topological polar surface area (TPSA) is 54.5 Å². The number of carbonyl (C=O) groups excluding carboxylic acids is 1. The first-order valence-corrected chi connectivity index (χ1v) is 11.8. The zero-order chi connectivity index (χ0) is 21.5. The lowest BCUT2D eigenvalue weighted by Crippen LogP contribution is -2.29. The molecule has 31 heavy (non-hydrogen) atoms. The van der Waals surface area contributed by atoms with Crippen LogP contribution in [-0.4, -0.2) is 28.9 Å². The van der Waals surface area contributed by atoms with E-state index in [0.717, 1.165) is 43.9 Å². The predicted molar refractivity (Wildman–Crippen MR) is 126 cm³/mol. The lowest BCUT2D eigenvalue weighted by molar-refractivity contribution is 0.102. The molecule has 4 rings (SSSR count). The number of thiazole rings is 1. The van der Waals surface area contributed by atoms with Crippen molar-refractivity contribution in [3.63, 3.8) is 0 Å². The molecule has 1 amide bonds. The van der Waals surface area contributed by atoms with Gasteiger partial charge in [-0.25, -0.2) is 4.98 Å². The number of benzene rings is 2. The number of anilines is 1. The van der Waals surface area contributed by atoms with Gasteiger partial charge in [-0.05, 0) is 36.2 Å². The molecule has 0 saturated carbocycles. The van der Waals surface area contributed by atoms with E-state index in [1.807, 2.05) is 18.2 Å². The molecular formula is C25H29N3O2S. The van der Waals surface area contributed by atoms with Crippen LogP contribution in [0.3, 0.4) is 0 Å². The number of ether oxygens (including phenoxy) is 1. The first-order chi connectivity index (χ1) is 15.2. The van der Waals surface area contributed by atoms with E-state index < -0.39 is 0 Å². The van der Waals surface area contributed by atoms with Crippen LogP contribution in [0.1, 0.15) is 52.7 Å². The van der Waals surface area contributed by atoms with E-state index in [1.165, 1.54) is 23.3 Å². The molecule has 0 unspecified atom stereocenters. The third kappa shape index (κ3) is 5.93. The molecule has 0 radical (unpaired) electrons. The normalized spacial score (nSPS) is 13.6. The highest BCUT2D eigenvalue weighted by Gasteiger charge is 2.21. The van der Waals surface area contributed by atoms with Gasteiger partial charge in [-0.3, -0.25) is 15.0 Å². The predicted octanol–water partition coefficient (Wildman–Crippen LogP) is 5.52. The van der Waals surface area contributed by atoms with Crippen molar-refractivity contribution in [1.82, 2.24) is 9.88 Å². The first kappa shape index (κ1) is 21.5. The Kier molecular flexibility index (Phi) is 7.33. The zero-order valence-corrected chi connectivity index (χ0v) is 18.8. The standard InChI is InChI=1S/C25H29N3O2S/c1-2-3-7-16-30-21-12-10-20(11-13-21)24(29)27-25-26-22-14-15-28(18-23(22)31-25)17-19-8-5-4-6-9-19/h4-6,8-13H,2-3,7,14-18H2,1H3,(H,26,27,29). The molecule has 6 heteroatoms. The van der Waals surface area contributed by atoms with Gasteiger partial charge >= 0.3 is 0 Å². The van der Waals surface area contributed by atoms with E-state index in [4.69, 9.17) is 4.74 Å². The minimum atomic E-state index is -0.134. The van der Waals surface area contributed by atoms with Gasteiger partial charge in [0.25, 0.3) is 5.91 Å². The lowest BCUT2D eigenvalue weighted by atomic mass is 10.1. The molecule has 0 saturated heterocycles. The SMILES string of the molecule is CCCCCOc1ccc(C(=O)Nc2nc3c(s2)CN(Cc2ccccc2)CC3)cc1. The van der Waals surface area contributed by atoms with Crippen LogP contribution in [0.4, 0.5) is 5.13 Å². The molecule has 2 aromatic carbocycles. The third-order valence-electron chi connectivity index (χ3n) is 5.41. The van der Waals surface area contributed by atoms with Gasteiger partial charge in [0.05, 0.1) is 12.3 Å². The Labute approximate surface area is 188 Å². The maximum absolute atomic E-state index is 12.6. The van der Waals surface area contributed by atoms with E-state index in [-0.39, 0.29) is 5.91 Å². The van der Waals surface area contributed by atoms with Crippen molar-refractivity contribution >= 4 is 22.4 Å². The highest BCUT2D eigenvalue weighted by Crippen LogP contribution is 2.29. The smallest absolute Gasteiger partial charge is 0.257 e. The second kappa shape index (κ2) is 10.6. The quantitative estimate of drug-likeness (QED) is 0.450. The van der Waals surface area contributed by atoms with Crippen LogP contribution >= 0.6 is 11.3 Å². The molecule has 0 fully saturated rings. The fourth-order valence-electron chi connectivity index (χ4n) is 3.69. The van der Waals surface area contributed by atoms with E-state index in [2.05, 4.69) is 46.4 Å². The highest BCUT2D eigenvalue weighted by atomic mass is 32.1. The van der Waals surface area contributed by atoms with Crippen molar-refractivity contribution in [1.29, 1.82) is 0 Å². The van der Waals surface area contributed by atoms with Gasteiger partial charge in [0.15, 0.2) is 5.13 Å². The molecule has 0 atom stereocenters. The summed E-state index contributed by atoms with van der Waals surface area (Å²) in [4.78, 5) is 21.0. The molecule has 162 valence electrons. The summed E-state index contributed by atoms with van der Waals surface area (Å²) in [6, 6.07) is 17.9. The summed E-state index contributed by atoms with van der Waals surface area (Å²) in [6.45, 7) is 5.69. The number of amides is 1. The Morgan fingerprint density at radius 3 is 2.71 bits per heavy atom. The number of aromatic nitrogens is 1. The maximum Gasteiger partial charge on any atom is 0.257 e. The van der Waals surface area contributed by atoms with Crippen molar-refractivity contribution in [3.8, 4) is 5.75 Å². The summed E-state index contributed by atoms with van der Waals surface area (Å²) in [5.74, 6) is 0.667. The van der Waals surface area contributed by atoms with Crippen molar-refractivity contribution in [2.45, 2.75) is 45.7 Å². The molecule has 1 N–H and O–H groups in total. The molecule has 0 aliphatic carbocycles. The fraction of sp³-hybridized carbons (Fsp3) is 0.360. The summed E-state index contributed by atoms with van der Waals surface area (Å²) in [5.41, 5.74) is 3.04. The Morgan fingerprint density at radius 2 is 1.94 bits per heavy atom. The second-order valence-electron chi connectivity index (χ2n) is 7.87. The summed E-state index contributed by atoms with van der Waals surface area (Å²) >= 11 is 1.58. The monoisotopic (exact) mass is 435 g/mol. The van der Waals surface area contributed by atoms with Gasteiger partial charge in [-0.15, -0.1) is 11.3 Å². The maximum atomic E-state index is 12.6. The van der Waals surface area contributed by atoms with Crippen LogP contribution in [0, 0.1) is 0 Å². The Balaban J connectivity index is 1.32. The van der Waals surface area contributed by atoms with Crippen LogP contribution < -0.4 is 10.1 Å². The molecule has 2 heterocycles. The van der Waals surface area contributed by atoms with Crippen LogP contribution in [0.15, 0.2) is 54.6 Å². The number of carbonyl (C=O) groups is 1. The third-order valence-corrected chi connectivity index (χ3v) is 6.41. The van der Waals surface area contributed by atoms with Gasteiger partial charge < -0.3 is 4.74 Å². The van der Waals surface area contributed by atoms with Crippen LogP contribution in [0.25, 0.3) is 0 Å². The Morgan fingerprint density at radius 1 is 1.13 bits per heavy atom. The number of hydrogen-bond acceptors (Lipinski definition) is 5. The van der Waals surface area contributed by atoms with Gasteiger partial charge in [-0.1, -0.05) is 50.1 Å². The highest BCUT2D eigenvalue weighted by molar-refractivity contribution is 7.15. The molecule has 1 aliphatic rings. The summed E-state index contributed by atoms with van der Waals surface area (Å²) in [5, 5.41) is 3.65. The number of nitrogens with zero attached hydrogens (tertiary/aromatic N) is 2. The number of fused-ring (bicyclic) bond motifs is 1. The van der Waals surface area contributed by atoms with Crippen LogP contribution in [0.2, 0.25) is 0 Å². The van der Waals surface area contributed by atoms with E-state index in [0.29, 0.717) is 17.3 Å². The molecule has 1 aliphatic heterocycles. The molecular weight excluding hydrogens is 406 g/mol. The molecule has 1 aromatic heterocycles. The van der Waals surface area contributed by atoms with Gasteiger partial charge in [0, 0.05) is 36.5 Å². The van der Waals surface area contributed by atoms with Crippen molar-refractivity contribution < 1.29 is 9.53 Å². The number of rotatable bonds is 9. The van der Waals surface area contributed by atoms with Crippen molar-refractivity contribution in [3.05, 3.63) is 76.3 Å². The van der Waals surface area contributed by atoms with Crippen molar-refractivity contribution in [2.24, 2.45) is 0 Å². The average Bonchev–Trinajstić information content (AvgIpc) is 3.19. The zero-order valence-electron chi connectivity index (χ0n) is 18.0. The minimum absolute atomic E-state index is 0.134. The summed E-state index contributed by atoms with van der Waals surface area (Å²) in [6.07, 6.45) is 4.31. The Hall–Kier alpha value is -2.70. The number of hydrogen-bond donors (Lipinski definition) is 1. The number of unbranched alkanes of at least 4 members (excludes halogenated alkanes) is 2.